The second kappa shape index (κ2) is 3.72. The van der Waals surface area contributed by atoms with Gasteiger partial charge in [-0.1, -0.05) is 30.0 Å². The summed E-state index contributed by atoms with van der Waals surface area (Å²) in [5, 5.41) is 0. The van der Waals surface area contributed by atoms with E-state index >= 15 is 0 Å². The lowest BCUT2D eigenvalue weighted by Gasteiger charge is -2.01. The first-order valence-electron chi connectivity index (χ1n) is 2.99. The number of halogens is 1. The summed E-state index contributed by atoms with van der Waals surface area (Å²) in [6.07, 6.45) is 8.31. The molecule has 0 spiro atoms. The van der Waals surface area contributed by atoms with Crippen molar-refractivity contribution in [2.24, 2.45) is 0 Å². The molecule has 0 aliphatic heterocycles. The average molecular weight is 144 g/mol. The van der Waals surface area contributed by atoms with Gasteiger partial charge in [-0.25, -0.2) is 4.39 Å². The van der Waals surface area contributed by atoms with Crippen LogP contribution in [0.2, 0.25) is 0 Å². The van der Waals surface area contributed by atoms with Gasteiger partial charge in [-0.15, -0.1) is 0 Å². The van der Waals surface area contributed by atoms with Crippen molar-refractivity contribution in [3.8, 4) is 0 Å². The zero-order chi connectivity index (χ0) is 6.53. The first kappa shape index (κ1) is 6.87. The summed E-state index contributed by atoms with van der Waals surface area (Å²) in [6.45, 7) is 0. The Labute approximate surface area is 58.8 Å². The molecule has 0 radical (unpaired) electrons. The molecule has 0 nitrogen and oxygen atoms in total. The molecule has 0 aromatic carbocycles. The third-order valence-corrected chi connectivity index (χ3v) is 1.93. The van der Waals surface area contributed by atoms with Crippen LogP contribution in [-0.2, 0) is 0 Å². The quantitative estimate of drug-likeness (QED) is 0.574. The fourth-order valence-corrected chi connectivity index (χ4v) is 1.31. The topological polar surface area (TPSA) is 0 Å². The Morgan fingerprint density at radius 2 is 2.44 bits per heavy atom. The summed E-state index contributed by atoms with van der Waals surface area (Å²) in [5.41, 5.74) is 0. The zero-order valence-electron chi connectivity index (χ0n) is 5.14. The van der Waals surface area contributed by atoms with Gasteiger partial charge in [0.2, 0.25) is 0 Å². The van der Waals surface area contributed by atoms with Crippen LogP contribution in [-0.4, -0.2) is 6.01 Å². The molecule has 9 heavy (non-hydrogen) atoms. The maximum atomic E-state index is 11.7. The Hall–Kier alpha value is -0.240. The van der Waals surface area contributed by atoms with Crippen LogP contribution in [0.5, 0.6) is 0 Å². The molecule has 1 aliphatic rings. The molecule has 0 unspecified atom stereocenters. The van der Waals surface area contributed by atoms with Crippen molar-refractivity contribution in [3.05, 3.63) is 23.1 Å². The van der Waals surface area contributed by atoms with Crippen LogP contribution < -0.4 is 0 Å². The molecular formula is C7H9FS. The van der Waals surface area contributed by atoms with Crippen LogP contribution in [0.25, 0.3) is 0 Å². The van der Waals surface area contributed by atoms with E-state index in [0.717, 1.165) is 17.7 Å². The molecule has 0 amide bonds. The molecule has 0 aromatic rings. The van der Waals surface area contributed by atoms with E-state index in [9.17, 15) is 4.39 Å². The molecule has 50 valence electrons. The summed E-state index contributed by atoms with van der Waals surface area (Å²) >= 11 is 1.26. The van der Waals surface area contributed by atoms with Gasteiger partial charge in [-0.05, 0) is 12.8 Å². The smallest absolute Gasteiger partial charge is 0.139 e. The van der Waals surface area contributed by atoms with Gasteiger partial charge < -0.3 is 0 Å². The van der Waals surface area contributed by atoms with E-state index in [1.54, 1.807) is 0 Å². The third-order valence-electron chi connectivity index (χ3n) is 1.18. The van der Waals surface area contributed by atoms with Gasteiger partial charge in [0.15, 0.2) is 0 Å². The van der Waals surface area contributed by atoms with Crippen LogP contribution in [0.4, 0.5) is 4.39 Å². The predicted octanol–water partition coefficient (Wildman–Crippen LogP) is 2.88. The molecule has 0 N–H and O–H groups in total. The van der Waals surface area contributed by atoms with E-state index in [1.807, 2.05) is 6.08 Å². The molecule has 0 bridgehead atoms. The highest BCUT2D eigenvalue weighted by Gasteiger charge is 1.95. The fraction of sp³-hybridized carbons (Fsp3) is 0.429. The molecule has 1 rings (SSSR count). The van der Waals surface area contributed by atoms with Crippen LogP contribution in [0, 0.1) is 0 Å². The SMILES string of the molecule is FCSC1=CCCC=C1. The molecule has 0 aromatic heterocycles. The molecule has 1 aliphatic carbocycles. The monoisotopic (exact) mass is 144 g/mol. The largest absolute Gasteiger partial charge is 0.239 e. The van der Waals surface area contributed by atoms with Crippen LogP contribution in [0.1, 0.15) is 12.8 Å². The van der Waals surface area contributed by atoms with E-state index in [0.29, 0.717) is 0 Å². The zero-order valence-corrected chi connectivity index (χ0v) is 5.96. The highest BCUT2D eigenvalue weighted by atomic mass is 32.2. The van der Waals surface area contributed by atoms with Gasteiger partial charge >= 0.3 is 0 Å². The summed E-state index contributed by atoms with van der Waals surface area (Å²) < 4.78 is 11.7. The Balaban J connectivity index is 2.38. The normalized spacial score (nSPS) is 17.7. The minimum Gasteiger partial charge on any atom is -0.239 e. The highest BCUT2D eigenvalue weighted by molar-refractivity contribution is 8.03. The number of alkyl halides is 1. The number of rotatable bonds is 2. The Morgan fingerprint density at radius 3 is 3.00 bits per heavy atom. The minimum atomic E-state index is -0.309. The average Bonchev–Trinajstić information content (AvgIpc) is 1.91. The Kier molecular flexibility index (Phi) is 2.84. The standard InChI is InChI=1S/C7H9FS/c8-6-9-7-4-2-1-3-5-7/h2,4-5H,1,3,6H2. The van der Waals surface area contributed by atoms with Crippen molar-refractivity contribution in [1.29, 1.82) is 0 Å². The lowest BCUT2D eigenvalue weighted by molar-refractivity contribution is 0.607. The van der Waals surface area contributed by atoms with Gasteiger partial charge in [-0.3, -0.25) is 0 Å². The van der Waals surface area contributed by atoms with Crippen LogP contribution in [0.15, 0.2) is 23.1 Å². The second-order valence-corrected chi connectivity index (χ2v) is 2.82. The van der Waals surface area contributed by atoms with Gasteiger partial charge in [0.25, 0.3) is 0 Å². The molecule has 2 heteroatoms. The minimum absolute atomic E-state index is 0.309. The second-order valence-electron chi connectivity index (χ2n) is 1.84. The maximum absolute atomic E-state index is 11.7. The van der Waals surface area contributed by atoms with Gasteiger partial charge in [0, 0.05) is 4.91 Å². The highest BCUT2D eigenvalue weighted by Crippen LogP contribution is 2.21. The molecule has 0 saturated heterocycles. The predicted molar refractivity (Wildman–Crippen MR) is 40.0 cm³/mol. The molecule has 0 fully saturated rings. The van der Waals surface area contributed by atoms with Crippen LogP contribution in [0.3, 0.4) is 0 Å². The van der Waals surface area contributed by atoms with E-state index in [-0.39, 0.29) is 6.01 Å². The van der Waals surface area contributed by atoms with Crippen molar-refractivity contribution < 1.29 is 4.39 Å². The Bertz CT molecular complexity index is 138. The van der Waals surface area contributed by atoms with Crippen LogP contribution >= 0.6 is 11.8 Å². The van der Waals surface area contributed by atoms with E-state index in [1.165, 1.54) is 11.8 Å². The van der Waals surface area contributed by atoms with Crippen molar-refractivity contribution in [2.75, 3.05) is 6.01 Å². The molecular weight excluding hydrogens is 135 g/mol. The Morgan fingerprint density at radius 1 is 1.56 bits per heavy atom. The van der Waals surface area contributed by atoms with E-state index < -0.39 is 0 Å². The first-order valence-corrected chi connectivity index (χ1v) is 3.97. The van der Waals surface area contributed by atoms with Crippen molar-refractivity contribution in [3.63, 3.8) is 0 Å². The first-order chi connectivity index (χ1) is 4.43. The van der Waals surface area contributed by atoms with Gasteiger partial charge in [0.05, 0.1) is 0 Å². The molecule has 0 saturated carbocycles. The number of thioether (sulfide) groups is 1. The van der Waals surface area contributed by atoms with Gasteiger partial charge in [-0.2, -0.15) is 0 Å². The summed E-state index contributed by atoms with van der Waals surface area (Å²) in [6, 6.07) is -0.309. The number of hydrogen-bond donors (Lipinski definition) is 0. The maximum Gasteiger partial charge on any atom is 0.139 e. The summed E-state index contributed by atoms with van der Waals surface area (Å²) in [4.78, 5) is 1.07. The summed E-state index contributed by atoms with van der Waals surface area (Å²) in [5.74, 6) is 0. The fourth-order valence-electron chi connectivity index (χ4n) is 0.759. The molecule has 0 heterocycles. The number of allylic oxidation sites excluding steroid dienone is 3. The van der Waals surface area contributed by atoms with Crippen molar-refractivity contribution in [1.82, 2.24) is 0 Å². The number of hydrogen-bond acceptors (Lipinski definition) is 1. The van der Waals surface area contributed by atoms with Crippen molar-refractivity contribution in [2.45, 2.75) is 12.8 Å². The third kappa shape index (κ3) is 2.22. The van der Waals surface area contributed by atoms with Crippen molar-refractivity contribution >= 4 is 11.8 Å². The molecule has 0 atom stereocenters. The van der Waals surface area contributed by atoms with E-state index in [2.05, 4.69) is 12.2 Å². The summed E-state index contributed by atoms with van der Waals surface area (Å²) in [7, 11) is 0. The lowest BCUT2D eigenvalue weighted by atomic mass is 10.2. The van der Waals surface area contributed by atoms with Gasteiger partial charge in [0.1, 0.15) is 6.01 Å². The lowest BCUT2D eigenvalue weighted by Crippen LogP contribution is -1.79. The van der Waals surface area contributed by atoms with E-state index in [4.69, 9.17) is 0 Å².